The van der Waals surface area contributed by atoms with E-state index in [1.807, 2.05) is 0 Å². The Morgan fingerprint density at radius 2 is 1.95 bits per heavy atom. The van der Waals surface area contributed by atoms with E-state index in [0.717, 1.165) is 25.7 Å². The number of morpholine rings is 1. The monoisotopic (exact) mass is 313 g/mol. The van der Waals surface area contributed by atoms with Gasteiger partial charge in [0.1, 0.15) is 6.10 Å². The molecule has 2 rings (SSSR count). The molecule has 2 atom stereocenters. The average molecular weight is 313 g/mol. The van der Waals surface area contributed by atoms with E-state index in [-0.39, 0.29) is 31.1 Å². The summed E-state index contributed by atoms with van der Waals surface area (Å²) >= 11 is 0. The fraction of sp³-hybridized carbons (Fsp3) is 0.875. The van der Waals surface area contributed by atoms with Crippen LogP contribution in [0.1, 0.15) is 51.9 Å². The minimum Gasteiger partial charge on any atom is -0.481 e. The zero-order chi connectivity index (χ0) is 15.9. The lowest BCUT2D eigenvalue weighted by molar-refractivity contribution is -0.157. The van der Waals surface area contributed by atoms with Gasteiger partial charge in [-0.25, -0.2) is 0 Å². The Morgan fingerprint density at radius 3 is 2.59 bits per heavy atom. The summed E-state index contributed by atoms with van der Waals surface area (Å²) in [5.74, 6) is -1.02. The van der Waals surface area contributed by atoms with Crippen molar-refractivity contribution in [2.75, 3.05) is 19.8 Å². The molecule has 2 fully saturated rings. The largest absolute Gasteiger partial charge is 0.481 e. The zero-order valence-corrected chi connectivity index (χ0v) is 13.3. The van der Waals surface area contributed by atoms with Crippen LogP contribution in [0.15, 0.2) is 0 Å². The Morgan fingerprint density at radius 1 is 1.27 bits per heavy atom. The maximum Gasteiger partial charge on any atom is 0.305 e. The third kappa shape index (κ3) is 4.95. The van der Waals surface area contributed by atoms with Crippen molar-refractivity contribution in [3.8, 4) is 0 Å². The fourth-order valence-electron chi connectivity index (χ4n) is 3.27. The molecule has 126 valence electrons. The van der Waals surface area contributed by atoms with Crippen LogP contribution >= 0.6 is 0 Å². The Labute approximate surface area is 131 Å². The molecular weight excluding hydrogens is 286 g/mol. The van der Waals surface area contributed by atoms with Gasteiger partial charge < -0.3 is 19.5 Å². The molecule has 1 saturated heterocycles. The van der Waals surface area contributed by atoms with E-state index < -0.39 is 12.1 Å². The van der Waals surface area contributed by atoms with Crippen molar-refractivity contribution in [1.82, 2.24) is 4.90 Å². The van der Waals surface area contributed by atoms with Crippen molar-refractivity contribution in [2.24, 2.45) is 0 Å². The summed E-state index contributed by atoms with van der Waals surface area (Å²) in [7, 11) is 0. The van der Waals surface area contributed by atoms with E-state index in [4.69, 9.17) is 14.6 Å². The summed E-state index contributed by atoms with van der Waals surface area (Å²) in [5, 5.41) is 8.97. The molecule has 22 heavy (non-hydrogen) atoms. The second-order valence-electron chi connectivity index (χ2n) is 6.25. The number of carbonyl (C=O) groups is 2. The number of hydrogen-bond donors (Lipinski definition) is 1. The lowest BCUT2D eigenvalue weighted by atomic mass is 10.1. The molecule has 6 nitrogen and oxygen atoms in total. The number of aliphatic carboxylic acids is 1. The van der Waals surface area contributed by atoms with Gasteiger partial charge in [0.05, 0.1) is 31.8 Å². The van der Waals surface area contributed by atoms with E-state index in [9.17, 15) is 9.59 Å². The molecule has 0 aromatic carbocycles. The topological polar surface area (TPSA) is 76.1 Å². The second-order valence-corrected chi connectivity index (χ2v) is 6.25. The maximum absolute atomic E-state index is 12.6. The van der Waals surface area contributed by atoms with Crippen LogP contribution in [-0.2, 0) is 19.1 Å². The molecule has 1 amide bonds. The number of rotatable bonds is 5. The molecule has 1 saturated carbocycles. The molecule has 1 heterocycles. The highest BCUT2D eigenvalue weighted by molar-refractivity contribution is 5.81. The lowest BCUT2D eigenvalue weighted by Gasteiger charge is -2.36. The van der Waals surface area contributed by atoms with Crippen molar-refractivity contribution >= 4 is 11.9 Å². The number of ether oxygens (including phenoxy) is 2. The number of hydrogen-bond acceptors (Lipinski definition) is 4. The Hall–Kier alpha value is -1.14. The molecule has 1 aliphatic carbocycles. The first-order chi connectivity index (χ1) is 10.6. The normalized spacial score (nSPS) is 25.5. The van der Waals surface area contributed by atoms with Gasteiger partial charge in [-0.3, -0.25) is 9.59 Å². The van der Waals surface area contributed by atoms with Crippen LogP contribution in [-0.4, -0.2) is 59.9 Å². The molecule has 0 radical (unpaired) electrons. The standard InChI is InChI=1S/C16H27NO5/c1-12(22-14-6-4-2-3-5-7-14)16(20)17-8-9-21-11-13(17)10-15(18)19/h12-14H,2-11H2,1H3,(H,18,19). The molecule has 1 N–H and O–H groups in total. The number of amides is 1. The Balaban J connectivity index is 1.90. The molecule has 0 spiro atoms. The minimum atomic E-state index is -0.911. The van der Waals surface area contributed by atoms with Gasteiger partial charge in [-0.1, -0.05) is 25.7 Å². The summed E-state index contributed by atoms with van der Waals surface area (Å²) in [6.45, 7) is 2.96. The summed E-state index contributed by atoms with van der Waals surface area (Å²) in [5.41, 5.74) is 0. The van der Waals surface area contributed by atoms with Gasteiger partial charge in [0.15, 0.2) is 0 Å². The zero-order valence-electron chi connectivity index (χ0n) is 13.3. The van der Waals surface area contributed by atoms with Crippen LogP contribution in [0.5, 0.6) is 0 Å². The van der Waals surface area contributed by atoms with Crippen molar-refractivity contribution in [1.29, 1.82) is 0 Å². The highest BCUT2D eigenvalue weighted by Crippen LogP contribution is 2.22. The first-order valence-corrected chi connectivity index (χ1v) is 8.33. The van der Waals surface area contributed by atoms with E-state index in [1.165, 1.54) is 12.8 Å². The summed E-state index contributed by atoms with van der Waals surface area (Å²) < 4.78 is 11.3. The van der Waals surface area contributed by atoms with Gasteiger partial charge in [0, 0.05) is 6.54 Å². The van der Waals surface area contributed by atoms with Crippen LogP contribution in [0.25, 0.3) is 0 Å². The molecule has 1 aliphatic heterocycles. The maximum atomic E-state index is 12.6. The highest BCUT2D eigenvalue weighted by Gasteiger charge is 2.33. The molecule has 0 aromatic rings. The summed E-state index contributed by atoms with van der Waals surface area (Å²) in [6.07, 6.45) is 6.38. The van der Waals surface area contributed by atoms with E-state index in [0.29, 0.717) is 13.2 Å². The minimum absolute atomic E-state index is 0.0815. The SMILES string of the molecule is CC(OC1CCCCCC1)C(=O)N1CCOCC1CC(=O)O. The van der Waals surface area contributed by atoms with E-state index in [2.05, 4.69) is 0 Å². The highest BCUT2D eigenvalue weighted by atomic mass is 16.5. The molecule has 0 aromatic heterocycles. The van der Waals surface area contributed by atoms with Crippen LogP contribution in [0.3, 0.4) is 0 Å². The second kappa shape index (κ2) is 8.48. The van der Waals surface area contributed by atoms with Gasteiger partial charge in [-0.15, -0.1) is 0 Å². The predicted octanol–water partition coefficient (Wildman–Crippen LogP) is 1.82. The van der Waals surface area contributed by atoms with Gasteiger partial charge in [0.25, 0.3) is 5.91 Å². The van der Waals surface area contributed by atoms with E-state index in [1.54, 1.807) is 11.8 Å². The predicted molar refractivity (Wildman–Crippen MR) is 80.6 cm³/mol. The Kier molecular flexibility index (Phi) is 6.64. The quantitative estimate of drug-likeness (QED) is 0.784. The van der Waals surface area contributed by atoms with Gasteiger partial charge in [-0.05, 0) is 19.8 Å². The average Bonchev–Trinajstić information content (AvgIpc) is 2.75. The van der Waals surface area contributed by atoms with Gasteiger partial charge in [0.2, 0.25) is 0 Å². The molecular formula is C16H27NO5. The fourth-order valence-corrected chi connectivity index (χ4v) is 3.27. The summed E-state index contributed by atoms with van der Waals surface area (Å²) in [6, 6.07) is -0.390. The third-order valence-corrected chi connectivity index (χ3v) is 4.47. The Bertz CT molecular complexity index is 379. The molecule has 2 unspecified atom stereocenters. The van der Waals surface area contributed by atoms with Crippen LogP contribution in [0, 0.1) is 0 Å². The summed E-state index contributed by atoms with van der Waals surface area (Å²) in [4.78, 5) is 25.2. The van der Waals surface area contributed by atoms with Crippen molar-refractivity contribution < 1.29 is 24.2 Å². The first kappa shape index (κ1) is 17.2. The van der Waals surface area contributed by atoms with E-state index >= 15 is 0 Å². The number of carboxylic acids is 1. The number of carboxylic acid groups (broad SMARTS) is 1. The van der Waals surface area contributed by atoms with Crippen LogP contribution in [0.2, 0.25) is 0 Å². The molecule has 6 heteroatoms. The van der Waals surface area contributed by atoms with Crippen molar-refractivity contribution in [2.45, 2.75) is 70.1 Å². The number of carbonyl (C=O) groups excluding carboxylic acids is 1. The third-order valence-electron chi connectivity index (χ3n) is 4.47. The van der Waals surface area contributed by atoms with Crippen molar-refractivity contribution in [3.05, 3.63) is 0 Å². The molecule has 2 aliphatic rings. The first-order valence-electron chi connectivity index (χ1n) is 8.33. The smallest absolute Gasteiger partial charge is 0.305 e. The van der Waals surface area contributed by atoms with Gasteiger partial charge >= 0.3 is 5.97 Å². The van der Waals surface area contributed by atoms with Gasteiger partial charge in [-0.2, -0.15) is 0 Å². The molecule has 0 bridgehead atoms. The van der Waals surface area contributed by atoms with Crippen molar-refractivity contribution in [3.63, 3.8) is 0 Å². The lowest BCUT2D eigenvalue weighted by Crippen LogP contribution is -2.53. The van der Waals surface area contributed by atoms with Crippen LogP contribution < -0.4 is 0 Å². The van der Waals surface area contributed by atoms with Crippen LogP contribution in [0.4, 0.5) is 0 Å². The number of nitrogens with zero attached hydrogens (tertiary/aromatic N) is 1.